The van der Waals surface area contributed by atoms with Crippen molar-refractivity contribution in [1.29, 1.82) is 5.26 Å². The average molecular weight is 369 g/mol. The van der Waals surface area contributed by atoms with Crippen LogP contribution in [-0.2, 0) is 12.8 Å². The third-order valence-electron chi connectivity index (χ3n) is 5.73. The number of imidazole rings is 1. The largest absolute Gasteiger partial charge is 0.391 e. The number of nitrogens with one attached hydrogen (secondary N) is 1. The quantitative estimate of drug-likeness (QED) is 0.724. The van der Waals surface area contributed by atoms with Crippen LogP contribution in [-0.4, -0.2) is 26.6 Å². The maximum atomic E-state index is 10.3. The van der Waals surface area contributed by atoms with Crippen molar-refractivity contribution in [2.45, 2.75) is 50.7 Å². The number of pyridine rings is 1. The molecule has 6 heteroatoms. The third-order valence-corrected chi connectivity index (χ3v) is 5.73. The molecule has 0 radical (unpaired) electrons. The summed E-state index contributed by atoms with van der Waals surface area (Å²) >= 11 is 0. The minimum absolute atomic E-state index is 0. The van der Waals surface area contributed by atoms with Crippen LogP contribution in [0.2, 0.25) is 0 Å². The Hall–Kier alpha value is -2.29. The van der Waals surface area contributed by atoms with Gasteiger partial charge in [-0.25, -0.2) is 4.98 Å². The number of halogens is 1. The third kappa shape index (κ3) is 2.37. The number of fused-ring (bicyclic) bond motifs is 4. The van der Waals surface area contributed by atoms with Crippen LogP contribution < -0.4 is 5.32 Å². The molecule has 2 aliphatic rings. The van der Waals surface area contributed by atoms with Crippen LogP contribution in [0, 0.1) is 11.3 Å². The van der Waals surface area contributed by atoms with Gasteiger partial charge in [0.1, 0.15) is 11.9 Å². The van der Waals surface area contributed by atoms with E-state index in [0.29, 0.717) is 5.56 Å². The monoisotopic (exact) mass is 368 g/mol. The first-order chi connectivity index (χ1) is 12.3. The van der Waals surface area contributed by atoms with Crippen LogP contribution in [0.15, 0.2) is 24.3 Å². The molecule has 2 N–H and O–H groups in total. The molecular weight excluding hydrogens is 348 g/mol. The van der Waals surface area contributed by atoms with Gasteiger partial charge in [0.15, 0.2) is 5.65 Å². The highest BCUT2D eigenvalue weighted by Gasteiger charge is 2.30. The fourth-order valence-corrected chi connectivity index (χ4v) is 4.52. The summed E-state index contributed by atoms with van der Waals surface area (Å²) in [7, 11) is 0. The summed E-state index contributed by atoms with van der Waals surface area (Å²) in [6.45, 7) is 0. The first-order valence-corrected chi connectivity index (χ1v) is 9.07. The van der Waals surface area contributed by atoms with Crippen molar-refractivity contribution >= 4 is 34.9 Å². The molecule has 1 saturated carbocycles. The second-order valence-electron chi connectivity index (χ2n) is 7.15. The van der Waals surface area contributed by atoms with E-state index in [1.54, 1.807) is 0 Å². The smallest absolute Gasteiger partial charge is 0.157 e. The molecule has 0 unspecified atom stereocenters. The molecule has 0 saturated heterocycles. The van der Waals surface area contributed by atoms with E-state index < -0.39 is 0 Å². The fourth-order valence-electron chi connectivity index (χ4n) is 4.52. The van der Waals surface area contributed by atoms with Crippen LogP contribution in [0.4, 0.5) is 5.82 Å². The van der Waals surface area contributed by atoms with E-state index in [4.69, 9.17) is 4.98 Å². The van der Waals surface area contributed by atoms with Gasteiger partial charge < -0.3 is 10.4 Å². The van der Waals surface area contributed by atoms with Gasteiger partial charge >= 0.3 is 0 Å². The second kappa shape index (κ2) is 6.46. The van der Waals surface area contributed by atoms with E-state index in [1.807, 2.05) is 24.3 Å². The number of aromatic nitrogens is 2. The molecule has 5 nitrogen and oxygen atoms in total. The van der Waals surface area contributed by atoms with Gasteiger partial charge in [-0.15, -0.1) is 12.4 Å². The molecule has 3 aromatic rings. The van der Waals surface area contributed by atoms with E-state index in [0.717, 1.165) is 66.6 Å². The van der Waals surface area contributed by atoms with E-state index >= 15 is 0 Å². The normalized spacial score (nSPS) is 21.5. The van der Waals surface area contributed by atoms with Crippen LogP contribution in [0.25, 0.3) is 16.7 Å². The highest BCUT2D eigenvalue weighted by atomic mass is 35.5. The minimum Gasteiger partial charge on any atom is -0.391 e. The zero-order valence-corrected chi connectivity index (χ0v) is 15.2. The molecule has 2 atom stereocenters. The molecule has 1 fully saturated rings. The minimum atomic E-state index is -0.308. The lowest BCUT2D eigenvalue weighted by atomic mass is 10.1. The summed E-state index contributed by atoms with van der Waals surface area (Å²) in [6.07, 6.45) is 5.53. The molecule has 2 aliphatic carbocycles. The van der Waals surface area contributed by atoms with Crippen LogP contribution >= 0.6 is 12.4 Å². The SMILES string of the molecule is Cl.N#Cc1c2c(c(N[C@@H]3CCC[C@H]3O)n3c1nc1ccccc13)CCC2. The van der Waals surface area contributed by atoms with Gasteiger partial charge in [-0.05, 0) is 61.8 Å². The van der Waals surface area contributed by atoms with Crippen molar-refractivity contribution in [3.63, 3.8) is 0 Å². The van der Waals surface area contributed by atoms with Crippen molar-refractivity contribution in [3.05, 3.63) is 41.0 Å². The number of benzene rings is 1. The molecule has 2 aromatic heterocycles. The maximum Gasteiger partial charge on any atom is 0.157 e. The van der Waals surface area contributed by atoms with Crippen LogP contribution in [0.5, 0.6) is 0 Å². The molecule has 5 rings (SSSR count). The number of aliphatic hydroxyl groups excluding tert-OH is 1. The van der Waals surface area contributed by atoms with E-state index in [2.05, 4.69) is 15.8 Å². The van der Waals surface area contributed by atoms with Crippen molar-refractivity contribution in [3.8, 4) is 6.07 Å². The van der Waals surface area contributed by atoms with Gasteiger partial charge in [0.05, 0.1) is 28.7 Å². The van der Waals surface area contributed by atoms with Gasteiger partial charge in [0.25, 0.3) is 0 Å². The summed E-state index contributed by atoms with van der Waals surface area (Å²) < 4.78 is 2.10. The summed E-state index contributed by atoms with van der Waals surface area (Å²) in [5, 5.41) is 23.7. The Bertz CT molecular complexity index is 1040. The first kappa shape index (κ1) is 17.1. The molecule has 26 heavy (non-hydrogen) atoms. The summed E-state index contributed by atoms with van der Waals surface area (Å²) in [6, 6.07) is 10.5. The topological polar surface area (TPSA) is 73.3 Å². The zero-order valence-electron chi connectivity index (χ0n) is 14.4. The van der Waals surface area contributed by atoms with E-state index in [9.17, 15) is 10.4 Å². The number of hydrogen-bond acceptors (Lipinski definition) is 4. The highest BCUT2D eigenvalue weighted by molar-refractivity contribution is 5.86. The van der Waals surface area contributed by atoms with Gasteiger partial charge in [0.2, 0.25) is 0 Å². The zero-order chi connectivity index (χ0) is 17.0. The van der Waals surface area contributed by atoms with Gasteiger partial charge in [-0.2, -0.15) is 5.26 Å². The van der Waals surface area contributed by atoms with Crippen molar-refractivity contribution in [1.82, 2.24) is 9.38 Å². The van der Waals surface area contributed by atoms with Crippen LogP contribution in [0.1, 0.15) is 42.4 Å². The molecule has 0 bridgehead atoms. The van der Waals surface area contributed by atoms with Gasteiger partial charge in [-0.3, -0.25) is 4.40 Å². The molecule has 1 aromatic carbocycles. The van der Waals surface area contributed by atoms with Crippen molar-refractivity contribution in [2.24, 2.45) is 0 Å². The molecule has 2 heterocycles. The number of aliphatic hydroxyl groups is 1. The Morgan fingerprint density at radius 2 is 1.96 bits per heavy atom. The summed E-state index contributed by atoms with van der Waals surface area (Å²) in [4.78, 5) is 4.76. The van der Waals surface area contributed by atoms with Gasteiger partial charge in [0, 0.05) is 0 Å². The Balaban J connectivity index is 0.00000168. The lowest BCUT2D eigenvalue weighted by Crippen LogP contribution is -2.29. The van der Waals surface area contributed by atoms with Gasteiger partial charge in [-0.1, -0.05) is 12.1 Å². The lowest BCUT2D eigenvalue weighted by molar-refractivity contribution is 0.171. The molecular formula is C20H21ClN4O. The van der Waals surface area contributed by atoms with Crippen LogP contribution in [0.3, 0.4) is 0 Å². The molecule has 134 valence electrons. The predicted molar refractivity (Wildman–Crippen MR) is 104 cm³/mol. The Morgan fingerprint density at radius 1 is 1.15 bits per heavy atom. The second-order valence-corrected chi connectivity index (χ2v) is 7.15. The number of anilines is 1. The molecule has 0 spiro atoms. The van der Waals surface area contributed by atoms with Crippen molar-refractivity contribution in [2.75, 3.05) is 5.32 Å². The van der Waals surface area contributed by atoms with E-state index in [-0.39, 0.29) is 24.6 Å². The van der Waals surface area contributed by atoms with Crippen molar-refractivity contribution < 1.29 is 5.11 Å². The Morgan fingerprint density at radius 3 is 2.73 bits per heavy atom. The highest BCUT2D eigenvalue weighted by Crippen LogP contribution is 2.37. The summed E-state index contributed by atoms with van der Waals surface area (Å²) in [5.74, 6) is 1.03. The number of nitriles is 1. The number of rotatable bonds is 2. The van der Waals surface area contributed by atoms with E-state index in [1.165, 1.54) is 5.56 Å². The first-order valence-electron chi connectivity index (χ1n) is 9.07. The Kier molecular flexibility index (Phi) is 4.26. The fraction of sp³-hybridized carbons (Fsp3) is 0.400. The molecule has 0 amide bonds. The number of nitrogens with zero attached hydrogens (tertiary/aromatic N) is 3. The number of para-hydroxylation sites is 2. The average Bonchev–Trinajstić information content (AvgIpc) is 3.33. The Labute approximate surface area is 158 Å². The summed E-state index contributed by atoms with van der Waals surface area (Å²) in [5.41, 5.74) is 5.73. The lowest BCUT2D eigenvalue weighted by Gasteiger charge is -2.22. The maximum absolute atomic E-state index is 10.3. The number of hydrogen-bond donors (Lipinski definition) is 2. The standard InChI is InChI=1S/C20H20N4O.ClH/c21-11-14-12-5-3-6-13(12)19(23-16-8-4-10-18(16)25)24-17-9-2-1-7-15(17)22-20(14)24;/h1-2,7,9,16,18,23,25H,3-6,8,10H2;1H/t16-,18-;/m1./s1. The molecule has 0 aliphatic heterocycles. The predicted octanol–water partition coefficient (Wildman–Crippen LogP) is 3.59.